The molecule has 4 heteroatoms. The van der Waals surface area contributed by atoms with Crippen molar-refractivity contribution in [1.29, 1.82) is 0 Å². The summed E-state index contributed by atoms with van der Waals surface area (Å²) in [6.07, 6.45) is 0.832. The number of likely N-dealkylation sites (tertiary alicyclic amines) is 1. The first-order chi connectivity index (χ1) is 16.4. The minimum Gasteiger partial charge on any atom is -0.497 e. The molecular formula is C30H31NO3. The van der Waals surface area contributed by atoms with Crippen LogP contribution in [0.2, 0.25) is 0 Å². The quantitative estimate of drug-likeness (QED) is 0.499. The van der Waals surface area contributed by atoms with Gasteiger partial charge in [0.25, 0.3) is 0 Å². The van der Waals surface area contributed by atoms with Crippen molar-refractivity contribution in [3.63, 3.8) is 0 Å². The number of rotatable bonds is 7. The van der Waals surface area contributed by atoms with E-state index < -0.39 is 5.97 Å². The number of carboxylic acids is 1. The molecule has 1 saturated heterocycles. The second-order valence-corrected chi connectivity index (χ2v) is 9.15. The van der Waals surface area contributed by atoms with Crippen LogP contribution in [0.4, 0.5) is 0 Å². The van der Waals surface area contributed by atoms with E-state index in [4.69, 9.17) is 9.84 Å². The number of carbonyl (C=O) groups is 1. The molecule has 174 valence electrons. The number of methoxy groups -OCH3 is 1. The normalized spacial score (nSPS) is 14.6. The molecule has 1 aliphatic heterocycles. The van der Waals surface area contributed by atoms with E-state index in [9.17, 15) is 4.79 Å². The molecule has 1 aliphatic rings. The second kappa shape index (κ2) is 10.6. The Morgan fingerprint density at radius 2 is 1.76 bits per heavy atom. The summed E-state index contributed by atoms with van der Waals surface area (Å²) in [4.78, 5) is 13.1. The van der Waals surface area contributed by atoms with Crippen LogP contribution in [0, 0.1) is 31.6 Å². The molecule has 1 heterocycles. The highest BCUT2D eigenvalue weighted by Gasteiger charge is 2.32. The first kappa shape index (κ1) is 23.6. The van der Waals surface area contributed by atoms with Gasteiger partial charge in [-0.2, -0.15) is 0 Å². The SMILES string of the molecule is COc1cccc(C(C#Cc2ccc(CN3CC(C(=O)O)C3)cc2)Cc2ccc(C)c(C)c2)c1. The fourth-order valence-electron chi connectivity index (χ4n) is 4.25. The van der Waals surface area contributed by atoms with Gasteiger partial charge in [-0.15, -0.1) is 0 Å². The van der Waals surface area contributed by atoms with E-state index in [1.807, 2.05) is 12.1 Å². The van der Waals surface area contributed by atoms with Gasteiger partial charge in [-0.1, -0.05) is 54.3 Å². The topological polar surface area (TPSA) is 49.8 Å². The van der Waals surface area contributed by atoms with Crippen LogP contribution in [0.15, 0.2) is 66.7 Å². The second-order valence-electron chi connectivity index (χ2n) is 9.15. The molecule has 0 aromatic heterocycles. The lowest BCUT2D eigenvalue weighted by Crippen LogP contribution is -2.49. The molecule has 1 atom stereocenters. The third-order valence-electron chi connectivity index (χ3n) is 6.56. The lowest BCUT2D eigenvalue weighted by molar-refractivity contribution is -0.147. The van der Waals surface area contributed by atoms with Crippen molar-refractivity contribution in [2.24, 2.45) is 5.92 Å². The van der Waals surface area contributed by atoms with Crippen LogP contribution in [0.5, 0.6) is 5.75 Å². The third-order valence-corrected chi connectivity index (χ3v) is 6.56. The summed E-state index contributed by atoms with van der Waals surface area (Å²) in [6.45, 7) is 6.30. The number of hydrogen-bond donors (Lipinski definition) is 1. The largest absolute Gasteiger partial charge is 0.497 e. The fraction of sp³-hybridized carbons (Fsp3) is 0.300. The van der Waals surface area contributed by atoms with Crippen molar-refractivity contribution in [2.45, 2.75) is 32.7 Å². The zero-order chi connectivity index (χ0) is 24.1. The minimum atomic E-state index is -0.701. The Morgan fingerprint density at radius 1 is 1.03 bits per heavy atom. The summed E-state index contributed by atoms with van der Waals surface area (Å²) in [5, 5.41) is 9.04. The molecule has 4 nitrogen and oxygen atoms in total. The van der Waals surface area contributed by atoms with Gasteiger partial charge in [0.1, 0.15) is 5.75 Å². The minimum absolute atomic E-state index is 0.0472. The molecule has 1 unspecified atom stereocenters. The Morgan fingerprint density at radius 3 is 2.44 bits per heavy atom. The molecule has 3 aromatic rings. The van der Waals surface area contributed by atoms with Crippen molar-refractivity contribution in [1.82, 2.24) is 4.90 Å². The maximum absolute atomic E-state index is 11.0. The maximum Gasteiger partial charge on any atom is 0.309 e. The van der Waals surface area contributed by atoms with E-state index in [1.165, 1.54) is 22.3 Å². The number of nitrogens with zero attached hydrogens (tertiary/aromatic N) is 1. The maximum atomic E-state index is 11.0. The van der Waals surface area contributed by atoms with Crippen molar-refractivity contribution in [3.05, 3.63) is 100 Å². The Bertz CT molecular complexity index is 1210. The smallest absolute Gasteiger partial charge is 0.309 e. The first-order valence-electron chi connectivity index (χ1n) is 11.7. The van der Waals surface area contributed by atoms with Gasteiger partial charge in [-0.25, -0.2) is 0 Å². The molecule has 0 amide bonds. The van der Waals surface area contributed by atoms with E-state index >= 15 is 0 Å². The monoisotopic (exact) mass is 453 g/mol. The van der Waals surface area contributed by atoms with Crippen molar-refractivity contribution in [3.8, 4) is 17.6 Å². The zero-order valence-electron chi connectivity index (χ0n) is 20.0. The molecule has 0 saturated carbocycles. The van der Waals surface area contributed by atoms with Gasteiger partial charge in [0.15, 0.2) is 0 Å². The standard InChI is InChI=1S/C30H31NO3/c1-21-7-8-25(15-22(21)2)16-27(26-5-4-6-29(17-26)34-3)14-13-23-9-11-24(12-10-23)18-31-19-28(20-31)30(32)33/h4-12,15,17,27-28H,16,18-20H2,1-3H3,(H,32,33). The lowest BCUT2D eigenvalue weighted by Gasteiger charge is -2.36. The number of aliphatic carboxylic acids is 1. The third kappa shape index (κ3) is 5.87. The van der Waals surface area contributed by atoms with Gasteiger partial charge in [0.2, 0.25) is 0 Å². The number of benzene rings is 3. The summed E-state index contributed by atoms with van der Waals surface area (Å²) in [5.74, 6) is 6.84. The van der Waals surface area contributed by atoms with Gasteiger partial charge in [0, 0.05) is 31.1 Å². The molecule has 1 fully saturated rings. The highest BCUT2D eigenvalue weighted by Crippen LogP contribution is 2.25. The van der Waals surface area contributed by atoms with Crippen LogP contribution >= 0.6 is 0 Å². The van der Waals surface area contributed by atoms with Crippen LogP contribution in [0.25, 0.3) is 0 Å². The lowest BCUT2D eigenvalue weighted by atomic mass is 9.91. The predicted octanol–water partition coefficient (Wildman–Crippen LogP) is 5.21. The number of carboxylic acid groups (broad SMARTS) is 1. The van der Waals surface area contributed by atoms with E-state index in [0.717, 1.165) is 29.8 Å². The summed E-state index contributed by atoms with van der Waals surface area (Å²) >= 11 is 0. The molecule has 34 heavy (non-hydrogen) atoms. The summed E-state index contributed by atoms with van der Waals surface area (Å²) < 4.78 is 5.45. The first-order valence-corrected chi connectivity index (χ1v) is 11.7. The molecule has 0 spiro atoms. The molecule has 0 aliphatic carbocycles. The van der Waals surface area contributed by atoms with Crippen LogP contribution in [-0.4, -0.2) is 36.2 Å². The van der Waals surface area contributed by atoms with E-state index in [1.54, 1.807) is 7.11 Å². The number of aryl methyl sites for hydroxylation is 2. The highest BCUT2D eigenvalue weighted by atomic mass is 16.5. The van der Waals surface area contributed by atoms with Crippen molar-refractivity contribution < 1.29 is 14.6 Å². The highest BCUT2D eigenvalue weighted by molar-refractivity contribution is 5.71. The van der Waals surface area contributed by atoms with Crippen molar-refractivity contribution >= 4 is 5.97 Å². The fourth-order valence-corrected chi connectivity index (χ4v) is 4.25. The van der Waals surface area contributed by atoms with Crippen LogP contribution in [-0.2, 0) is 17.8 Å². The Balaban J connectivity index is 1.50. The zero-order valence-corrected chi connectivity index (χ0v) is 20.0. The summed E-state index contributed by atoms with van der Waals surface area (Å²) in [5.41, 5.74) is 7.16. The van der Waals surface area contributed by atoms with E-state index in [-0.39, 0.29) is 11.8 Å². The van der Waals surface area contributed by atoms with Gasteiger partial charge >= 0.3 is 5.97 Å². The molecule has 3 aromatic carbocycles. The summed E-state index contributed by atoms with van der Waals surface area (Å²) in [7, 11) is 1.69. The Kier molecular flexibility index (Phi) is 7.35. The summed E-state index contributed by atoms with van der Waals surface area (Å²) in [6, 6.07) is 23.1. The Labute approximate surface area is 202 Å². The Hall–Kier alpha value is -3.55. The van der Waals surface area contributed by atoms with E-state index in [2.05, 4.69) is 85.2 Å². The van der Waals surface area contributed by atoms with Gasteiger partial charge in [-0.05, 0) is 72.4 Å². The van der Waals surface area contributed by atoms with Crippen molar-refractivity contribution in [2.75, 3.05) is 20.2 Å². The average Bonchev–Trinajstić information content (AvgIpc) is 2.81. The molecule has 4 rings (SSSR count). The average molecular weight is 454 g/mol. The van der Waals surface area contributed by atoms with Crippen LogP contribution in [0.3, 0.4) is 0 Å². The van der Waals surface area contributed by atoms with Gasteiger partial charge < -0.3 is 9.84 Å². The number of ether oxygens (including phenoxy) is 1. The molecular weight excluding hydrogens is 422 g/mol. The van der Waals surface area contributed by atoms with Gasteiger partial charge in [0.05, 0.1) is 13.0 Å². The molecule has 0 bridgehead atoms. The van der Waals surface area contributed by atoms with E-state index in [0.29, 0.717) is 13.1 Å². The van der Waals surface area contributed by atoms with Crippen LogP contribution in [0.1, 0.15) is 39.3 Å². The molecule has 1 N–H and O–H groups in total. The number of hydrogen-bond acceptors (Lipinski definition) is 3. The van der Waals surface area contributed by atoms with Crippen LogP contribution < -0.4 is 4.74 Å². The molecule has 0 radical (unpaired) electrons. The van der Waals surface area contributed by atoms with Gasteiger partial charge in [-0.3, -0.25) is 9.69 Å². The predicted molar refractivity (Wildman–Crippen MR) is 135 cm³/mol.